The van der Waals surface area contributed by atoms with Crippen molar-refractivity contribution in [3.05, 3.63) is 29.6 Å². The van der Waals surface area contributed by atoms with Crippen LogP contribution in [0.2, 0.25) is 0 Å². The fourth-order valence-corrected chi connectivity index (χ4v) is 1.45. The van der Waals surface area contributed by atoms with Gasteiger partial charge in [-0.05, 0) is 18.4 Å². The molecule has 1 rings (SSSR count). The number of carbonyl (C=O) groups excluding carboxylic acids is 1. The monoisotopic (exact) mass is 243 g/mol. The molecule has 0 saturated heterocycles. The Balaban J connectivity index is 2.61. The van der Waals surface area contributed by atoms with Crippen molar-refractivity contribution in [2.24, 2.45) is 5.92 Å². The lowest BCUT2D eigenvalue weighted by atomic mass is 10.1. The second-order valence-electron chi connectivity index (χ2n) is 3.96. The predicted octanol–water partition coefficient (Wildman–Crippen LogP) is 2.95. The lowest BCUT2D eigenvalue weighted by Crippen LogP contribution is -2.14. The first kappa shape index (κ1) is 13.5. The molecule has 17 heavy (non-hydrogen) atoms. The van der Waals surface area contributed by atoms with E-state index in [0.717, 1.165) is 25.1 Å². The number of aromatic nitrogens is 1. The van der Waals surface area contributed by atoms with Gasteiger partial charge >= 0.3 is 5.97 Å². The van der Waals surface area contributed by atoms with Gasteiger partial charge in [0.2, 0.25) is 5.95 Å². The Hall–Kier alpha value is -1.52. The fraction of sp³-hybridized carbons (Fsp3) is 0.500. The van der Waals surface area contributed by atoms with E-state index in [9.17, 15) is 13.6 Å². The zero-order chi connectivity index (χ0) is 12.8. The molecule has 1 atom stereocenters. The van der Waals surface area contributed by atoms with Crippen LogP contribution in [0.3, 0.4) is 0 Å². The minimum atomic E-state index is -1.29. The molecular formula is C12H15F2NO2. The molecule has 3 nitrogen and oxygen atoms in total. The van der Waals surface area contributed by atoms with Crippen LogP contribution in [-0.4, -0.2) is 17.6 Å². The number of hydrogen-bond acceptors (Lipinski definition) is 3. The minimum Gasteiger partial charge on any atom is -0.462 e. The molecule has 0 fully saturated rings. The molecule has 0 amide bonds. The Morgan fingerprint density at radius 2 is 2.24 bits per heavy atom. The summed E-state index contributed by atoms with van der Waals surface area (Å²) < 4.78 is 30.9. The van der Waals surface area contributed by atoms with Gasteiger partial charge in [0, 0.05) is 6.20 Å². The average Bonchev–Trinajstić information content (AvgIpc) is 2.30. The van der Waals surface area contributed by atoms with Crippen LogP contribution in [0.4, 0.5) is 8.78 Å². The summed E-state index contributed by atoms with van der Waals surface area (Å²) in [6.07, 6.45) is 2.93. The molecule has 0 aromatic carbocycles. The van der Waals surface area contributed by atoms with Gasteiger partial charge in [-0.15, -0.1) is 0 Å². The Morgan fingerprint density at radius 3 is 2.88 bits per heavy atom. The number of ether oxygens (including phenoxy) is 1. The van der Waals surface area contributed by atoms with E-state index in [-0.39, 0.29) is 12.5 Å². The highest BCUT2D eigenvalue weighted by Gasteiger charge is 2.17. The lowest BCUT2D eigenvalue weighted by molar-refractivity contribution is 0.0436. The molecule has 1 heterocycles. The Morgan fingerprint density at radius 1 is 1.53 bits per heavy atom. The molecule has 5 heteroatoms. The van der Waals surface area contributed by atoms with Crippen LogP contribution in [0.5, 0.6) is 0 Å². The highest BCUT2D eigenvalue weighted by atomic mass is 19.2. The third kappa shape index (κ3) is 3.76. The van der Waals surface area contributed by atoms with Crippen molar-refractivity contribution in [2.75, 3.05) is 6.61 Å². The lowest BCUT2D eigenvalue weighted by Gasteiger charge is -2.11. The second-order valence-corrected chi connectivity index (χ2v) is 3.96. The number of hydrogen-bond donors (Lipinski definition) is 0. The van der Waals surface area contributed by atoms with Crippen LogP contribution in [-0.2, 0) is 4.74 Å². The summed E-state index contributed by atoms with van der Waals surface area (Å²) in [6.45, 7) is 4.16. The summed E-state index contributed by atoms with van der Waals surface area (Å²) in [6, 6.07) is 1.10. The number of nitrogens with zero attached hydrogens (tertiary/aromatic N) is 1. The van der Waals surface area contributed by atoms with E-state index in [1.165, 1.54) is 0 Å². The number of carbonyl (C=O) groups is 1. The summed E-state index contributed by atoms with van der Waals surface area (Å²) in [5.74, 6) is -3.20. The van der Waals surface area contributed by atoms with Crippen LogP contribution < -0.4 is 0 Å². The first-order valence-corrected chi connectivity index (χ1v) is 5.53. The normalized spacial score (nSPS) is 12.2. The molecule has 0 N–H and O–H groups in total. The summed E-state index contributed by atoms with van der Waals surface area (Å²) in [7, 11) is 0. The minimum absolute atomic E-state index is 0.204. The highest BCUT2D eigenvalue weighted by molar-refractivity contribution is 5.89. The van der Waals surface area contributed by atoms with Crippen molar-refractivity contribution in [3.63, 3.8) is 0 Å². The van der Waals surface area contributed by atoms with Gasteiger partial charge in [-0.25, -0.2) is 14.2 Å². The maximum Gasteiger partial charge on any atom is 0.341 e. The zero-order valence-corrected chi connectivity index (χ0v) is 9.87. The van der Waals surface area contributed by atoms with Crippen LogP contribution in [0, 0.1) is 17.7 Å². The third-order valence-electron chi connectivity index (χ3n) is 2.35. The molecule has 0 radical (unpaired) electrons. The molecule has 0 saturated carbocycles. The van der Waals surface area contributed by atoms with Gasteiger partial charge in [-0.1, -0.05) is 20.3 Å². The predicted molar refractivity (Wildman–Crippen MR) is 58.5 cm³/mol. The molecule has 1 unspecified atom stereocenters. The summed E-state index contributed by atoms with van der Waals surface area (Å²) >= 11 is 0. The molecule has 0 bridgehead atoms. The van der Waals surface area contributed by atoms with Gasteiger partial charge in [-0.3, -0.25) is 0 Å². The molecule has 0 aliphatic heterocycles. The smallest absolute Gasteiger partial charge is 0.341 e. The third-order valence-corrected chi connectivity index (χ3v) is 2.35. The van der Waals surface area contributed by atoms with Gasteiger partial charge in [-0.2, -0.15) is 4.39 Å². The fourth-order valence-electron chi connectivity index (χ4n) is 1.45. The number of esters is 1. The molecule has 1 aromatic heterocycles. The van der Waals surface area contributed by atoms with Crippen molar-refractivity contribution < 1.29 is 18.3 Å². The number of pyridine rings is 1. The molecule has 94 valence electrons. The van der Waals surface area contributed by atoms with Crippen molar-refractivity contribution >= 4 is 5.97 Å². The standard InChI is InChI=1S/C12H15F2NO2/c1-3-4-8(2)7-17-12(16)9-5-6-15-11(14)10(9)13/h5-6,8H,3-4,7H2,1-2H3. The first-order chi connectivity index (χ1) is 8.06. The summed E-state index contributed by atoms with van der Waals surface area (Å²) in [4.78, 5) is 14.6. The van der Waals surface area contributed by atoms with Crippen molar-refractivity contribution in [2.45, 2.75) is 26.7 Å². The van der Waals surface area contributed by atoms with Crippen molar-refractivity contribution in [1.29, 1.82) is 0 Å². The Kier molecular flexibility index (Phi) is 5.00. The zero-order valence-electron chi connectivity index (χ0n) is 9.87. The van der Waals surface area contributed by atoms with Gasteiger partial charge in [0.15, 0.2) is 5.82 Å². The molecular weight excluding hydrogens is 228 g/mol. The SMILES string of the molecule is CCCC(C)COC(=O)c1ccnc(F)c1F. The first-order valence-electron chi connectivity index (χ1n) is 5.53. The quantitative estimate of drug-likeness (QED) is 0.589. The van der Waals surface area contributed by atoms with Crippen molar-refractivity contribution in [3.8, 4) is 0 Å². The maximum absolute atomic E-state index is 13.2. The van der Waals surface area contributed by atoms with Gasteiger partial charge in [0.05, 0.1) is 6.61 Å². The highest BCUT2D eigenvalue weighted by Crippen LogP contribution is 2.12. The van der Waals surface area contributed by atoms with Crippen LogP contribution in [0.1, 0.15) is 37.0 Å². The molecule has 0 spiro atoms. The van der Waals surface area contributed by atoms with Crippen molar-refractivity contribution in [1.82, 2.24) is 4.98 Å². The van der Waals surface area contributed by atoms with E-state index in [4.69, 9.17) is 4.74 Å². The van der Waals surface area contributed by atoms with E-state index in [0.29, 0.717) is 0 Å². The van der Waals surface area contributed by atoms with E-state index < -0.39 is 23.3 Å². The Bertz CT molecular complexity index is 396. The van der Waals surface area contributed by atoms with E-state index >= 15 is 0 Å². The Labute approximate surface area is 98.8 Å². The molecule has 1 aromatic rings. The van der Waals surface area contributed by atoms with E-state index in [1.54, 1.807) is 0 Å². The summed E-state index contributed by atoms with van der Waals surface area (Å²) in [5, 5.41) is 0. The molecule has 0 aliphatic carbocycles. The van der Waals surface area contributed by atoms with Gasteiger partial charge < -0.3 is 4.74 Å². The van der Waals surface area contributed by atoms with E-state index in [2.05, 4.69) is 4.98 Å². The second kappa shape index (κ2) is 6.27. The topological polar surface area (TPSA) is 39.2 Å². The largest absolute Gasteiger partial charge is 0.462 e. The number of rotatable bonds is 5. The van der Waals surface area contributed by atoms with Crippen LogP contribution in [0.25, 0.3) is 0 Å². The van der Waals surface area contributed by atoms with Gasteiger partial charge in [0.25, 0.3) is 0 Å². The number of halogens is 2. The van der Waals surface area contributed by atoms with Crippen LogP contribution >= 0.6 is 0 Å². The van der Waals surface area contributed by atoms with Gasteiger partial charge in [0.1, 0.15) is 5.56 Å². The summed E-state index contributed by atoms with van der Waals surface area (Å²) in [5.41, 5.74) is -0.416. The maximum atomic E-state index is 13.2. The average molecular weight is 243 g/mol. The van der Waals surface area contributed by atoms with E-state index in [1.807, 2.05) is 13.8 Å². The van der Waals surface area contributed by atoms with Crippen LogP contribution in [0.15, 0.2) is 12.3 Å². The molecule has 0 aliphatic rings.